The van der Waals surface area contributed by atoms with E-state index in [1.54, 1.807) is 0 Å². The Morgan fingerprint density at radius 1 is 1.17 bits per heavy atom. The van der Waals surface area contributed by atoms with Crippen LogP contribution >= 0.6 is 0 Å². The van der Waals surface area contributed by atoms with E-state index in [1.165, 1.54) is 25.3 Å². The predicted octanol–water partition coefficient (Wildman–Crippen LogP) is 2.10. The van der Waals surface area contributed by atoms with E-state index in [1.807, 2.05) is 11.1 Å². The fourth-order valence-corrected chi connectivity index (χ4v) is 2.77. The summed E-state index contributed by atoms with van der Waals surface area (Å²) in [6.07, 6.45) is 1.62. The topological polar surface area (TPSA) is 176 Å². The number of hydrogen-bond acceptors (Lipinski definition) is 7. The lowest BCUT2D eigenvalue weighted by atomic mass is 9.95. The molecule has 0 atom stereocenters. The molecule has 10 nitrogen and oxygen atoms in total. The zero-order valence-electron chi connectivity index (χ0n) is 15.5. The van der Waals surface area contributed by atoms with Crippen molar-refractivity contribution >= 4 is 17.8 Å². The number of H-pyrrole nitrogens is 1. The van der Waals surface area contributed by atoms with E-state index in [-0.39, 0.29) is 23.5 Å². The molecule has 0 saturated heterocycles. The van der Waals surface area contributed by atoms with Gasteiger partial charge >= 0.3 is 11.9 Å². The van der Waals surface area contributed by atoms with Gasteiger partial charge in [-0.25, -0.2) is 9.59 Å². The first-order valence-corrected chi connectivity index (χ1v) is 8.52. The molecule has 0 unspecified atom stereocenters. The van der Waals surface area contributed by atoms with Crippen LogP contribution < -0.4 is 20.8 Å². The van der Waals surface area contributed by atoms with Crippen LogP contribution in [0.4, 0.5) is 5.82 Å². The van der Waals surface area contributed by atoms with E-state index >= 15 is 0 Å². The molecule has 2 aromatic rings. The first-order valence-electron chi connectivity index (χ1n) is 8.52. The number of benzene rings is 1. The molecule has 0 aliphatic rings. The van der Waals surface area contributed by atoms with Crippen LogP contribution in [0.3, 0.4) is 0 Å². The molecule has 0 fully saturated rings. The number of ether oxygens (including phenoxy) is 2. The minimum absolute atomic E-state index is 0.116. The molecule has 29 heavy (non-hydrogen) atoms. The minimum Gasteiger partial charge on any atom is -0.493 e. The van der Waals surface area contributed by atoms with Crippen LogP contribution in [0.2, 0.25) is 0 Å². The molecule has 0 aliphatic heterocycles. The summed E-state index contributed by atoms with van der Waals surface area (Å²) < 4.78 is 10.9. The molecular weight excluding hydrogens is 382 g/mol. The molecule has 152 valence electrons. The smallest absolute Gasteiger partial charge is 0.342 e. The third-order valence-corrected chi connectivity index (χ3v) is 4.07. The van der Waals surface area contributed by atoms with E-state index in [0.717, 1.165) is 0 Å². The van der Waals surface area contributed by atoms with Gasteiger partial charge in [-0.15, -0.1) is 0 Å². The van der Waals surface area contributed by atoms with Gasteiger partial charge in [0, 0.05) is 12.0 Å². The molecule has 0 radical (unpaired) electrons. The summed E-state index contributed by atoms with van der Waals surface area (Å²) in [5.74, 6) is -2.99. The molecule has 1 aromatic heterocycles. The van der Waals surface area contributed by atoms with E-state index < -0.39 is 34.4 Å². The quantitative estimate of drug-likeness (QED) is 0.458. The maximum atomic E-state index is 12.1. The molecule has 1 aromatic carbocycles. The Balaban J connectivity index is 2.61. The average molecular weight is 401 g/mol. The Morgan fingerprint density at radius 3 is 2.45 bits per heavy atom. The van der Waals surface area contributed by atoms with Gasteiger partial charge in [0.15, 0.2) is 11.5 Å². The minimum atomic E-state index is -1.60. The number of rotatable bonds is 9. The Bertz CT molecular complexity index is 1040. The van der Waals surface area contributed by atoms with E-state index in [0.29, 0.717) is 25.0 Å². The Labute approximate surface area is 165 Å². The zero-order valence-corrected chi connectivity index (χ0v) is 15.5. The SMILES string of the molecule is COc1ccc(-c2c(C(=O)O)c(N)[nH]c(=O)c2C(=O)O)cc1OCCCCC#N. The number of anilines is 1. The maximum Gasteiger partial charge on any atom is 0.342 e. The van der Waals surface area contributed by atoms with E-state index in [9.17, 15) is 24.6 Å². The van der Waals surface area contributed by atoms with Gasteiger partial charge in [-0.05, 0) is 30.5 Å². The second kappa shape index (κ2) is 9.27. The average Bonchev–Trinajstić information content (AvgIpc) is 2.66. The van der Waals surface area contributed by atoms with Crippen molar-refractivity contribution in [1.82, 2.24) is 4.98 Å². The number of unbranched alkanes of at least 4 members (excludes halogenated alkanes) is 2. The molecule has 0 aliphatic carbocycles. The van der Waals surface area contributed by atoms with Crippen molar-refractivity contribution in [2.24, 2.45) is 0 Å². The summed E-state index contributed by atoms with van der Waals surface area (Å²) >= 11 is 0. The normalized spacial score (nSPS) is 10.2. The number of carboxylic acids is 2. The van der Waals surface area contributed by atoms with Crippen LogP contribution in [0.15, 0.2) is 23.0 Å². The van der Waals surface area contributed by atoms with Crippen molar-refractivity contribution in [3.63, 3.8) is 0 Å². The van der Waals surface area contributed by atoms with Gasteiger partial charge in [0.2, 0.25) is 0 Å². The van der Waals surface area contributed by atoms with Crippen molar-refractivity contribution in [3.05, 3.63) is 39.7 Å². The molecule has 5 N–H and O–H groups in total. The Morgan fingerprint density at radius 2 is 1.86 bits per heavy atom. The highest BCUT2D eigenvalue weighted by atomic mass is 16.5. The molecular formula is C19H19N3O7. The van der Waals surface area contributed by atoms with Gasteiger partial charge in [0.05, 0.1) is 19.8 Å². The number of nitrogens with zero attached hydrogens (tertiary/aromatic N) is 1. The Hall–Kier alpha value is -4.00. The standard InChI is InChI=1S/C19H19N3O7/c1-28-11-6-5-10(9-12(11)29-8-4-2-3-7-20)13-14(18(24)25)16(21)22-17(23)15(13)19(26)27/h5-6,9H,2-4,8H2,1H3,(H,24,25)(H,26,27)(H3,21,22,23). The summed E-state index contributed by atoms with van der Waals surface area (Å²) in [5, 5.41) is 27.6. The summed E-state index contributed by atoms with van der Waals surface area (Å²) in [6, 6.07) is 6.29. The second-order valence-corrected chi connectivity index (χ2v) is 5.93. The number of methoxy groups -OCH3 is 1. The molecule has 0 bridgehead atoms. The number of nitrogens with two attached hydrogens (primary N) is 1. The molecule has 0 amide bonds. The van der Waals surface area contributed by atoms with Gasteiger partial charge in [0.1, 0.15) is 16.9 Å². The zero-order chi connectivity index (χ0) is 21.6. The third kappa shape index (κ3) is 4.65. The summed E-state index contributed by atoms with van der Waals surface area (Å²) in [4.78, 5) is 37.5. The summed E-state index contributed by atoms with van der Waals surface area (Å²) in [7, 11) is 1.41. The molecule has 10 heteroatoms. The number of pyridine rings is 1. The molecule has 1 heterocycles. The fraction of sp³-hybridized carbons (Fsp3) is 0.263. The maximum absolute atomic E-state index is 12.1. The largest absolute Gasteiger partial charge is 0.493 e. The first-order chi connectivity index (χ1) is 13.8. The lowest BCUT2D eigenvalue weighted by Gasteiger charge is -2.15. The molecule has 0 saturated carbocycles. The van der Waals surface area contributed by atoms with Gasteiger partial charge in [-0.2, -0.15) is 5.26 Å². The van der Waals surface area contributed by atoms with Crippen LogP contribution in [0.25, 0.3) is 11.1 Å². The molecule has 0 spiro atoms. The highest BCUT2D eigenvalue weighted by molar-refractivity contribution is 6.07. The van der Waals surface area contributed by atoms with Crippen LogP contribution in [0.1, 0.15) is 40.0 Å². The fourth-order valence-electron chi connectivity index (χ4n) is 2.77. The van der Waals surface area contributed by atoms with Crippen LogP contribution in [-0.4, -0.2) is 40.9 Å². The van der Waals surface area contributed by atoms with Crippen molar-refractivity contribution in [2.75, 3.05) is 19.5 Å². The highest BCUT2D eigenvalue weighted by Gasteiger charge is 2.27. The number of nitrogen functional groups attached to an aromatic ring is 1. The highest BCUT2D eigenvalue weighted by Crippen LogP contribution is 2.36. The third-order valence-electron chi connectivity index (χ3n) is 4.07. The number of aromatic carboxylic acids is 2. The van der Waals surface area contributed by atoms with Crippen molar-refractivity contribution in [1.29, 1.82) is 5.26 Å². The lowest BCUT2D eigenvalue weighted by molar-refractivity contribution is 0.0695. The number of aromatic amines is 1. The number of carbonyl (C=O) groups is 2. The van der Waals surface area contributed by atoms with Crippen molar-refractivity contribution < 1.29 is 29.3 Å². The number of nitriles is 1. The van der Waals surface area contributed by atoms with Crippen LogP contribution in [0, 0.1) is 11.3 Å². The predicted molar refractivity (Wildman–Crippen MR) is 102 cm³/mol. The lowest BCUT2D eigenvalue weighted by Crippen LogP contribution is -2.24. The number of nitrogens with one attached hydrogen (secondary N) is 1. The van der Waals surface area contributed by atoms with E-state index in [2.05, 4.69) is 0 Å². The van der Waals surface area contributed by atoms with Crippen molar-refractivity contribution in [3.8, 4) is 28.7 Å². The van der Waals surface area contributed by atoms with Gasteiger partial charge in [-0.1, -0.05) is 6.07 Å². The van der Waals surface area contributed by atoms with Crippen LogP contribution in [0.5, 0.6) is 11.5 Å². The first kappa shape index (κ1) is 21.3. The Kier molecular flexibility index (Phi) is 6.81. The van der Waals surface area contributed by atoms with Gasteiger partial charge in [-0.3, -0.25) is 4.79 Å². The van der Waals surface area contributed by atoms with E-state index in [4.69, 9.17) is 20.5 Å². The van der Waals surface area contributed by atoms with Gasteiger partial charge in [0.25, 0.3) is 5.56 Å². The van der Waals surface area contributed by atoms with Gasteiger partial charge < -0.3 is 30.4 Å². The van der Waals surface area contributed by atoms with Crippen molar-refractivity contribution in [2.45, 2.75) is 19.3 Å². The summed E-state index contributed by atoms with van der Waals surface area (Å²) in [6.45, 7) is 0.260. The molecule has 2 rings (SSSR count). The number of aromatic nitrogens is 1. The number of hydrogen-bond donors (Lipinski definition) is 4. The second-order valence-electron chi connectivity index (χ2n) is 5.93. The monoisotopic (exact) mass is 401 g/mol. The van der Waals surface area contributed by atoms with Crippen LogP contribution in [-0.2, 0) is 0 Å². The number of carboxylic acid groups (broad SMARTS) is 2. The summed E-state index contributed by atoms with van der Waals surface area (Å²) in [5.41, 5.74) is 3.12.